The molecule has 2 rings (SSSR count). The molecule has 0 aromatic carbocycles. The normalized spacial score (nSPS) is 10.8. The van der Waals surface area contributed by atoms with Crippen molar-refractivity contribution in [2.24, 2.45) is 7.05 Å². The summed E-state index contributed by atoms with van der Waals surface area (Å²) < 4.78 is 2.65. The molecule has 0 N–H and O–H groups in total. The number of nitrogens with zero attached hydrogens (tertiary/aromatic N) is 3. The average Bonchev–Trinajstić information content (AvgIpc) is 2.27. The van der Waals surface area contributed by atoms with Crippen molar-refractivity contribution in [1.82, 2.24) is 14.1 Å². The molecule has 0 saturated heterocycles. The smallest absolute Gasteiger partial charge is 0.295 e. The summed E-state index contributed by atoms with van der Waals surface area (Å²) in [5, 5.41) is 0.522. The molecular formula is C10H11N3O2. The predicted octanol–water partition coefficient (Wildman–Crippen LogP) is 0.115. The number of aryl methyl sites for hydroxylation is 1. The number of aromatic nitrogens is 3. The van der Waals surface area contributed by atoms with E-state index in [0.29, 0.717) is 17.4 Å². The number of rotatable bonds is 1. The Bertz CT molecular complexity index is 625. The van der Waals surface area contributed by atoms with E-state index in [4.69, 9.17) is 0 Å². The summed E-state index contributed by atoms with van der Waals surface area (Å²) in [5.41, 5.74) is 0.0122. The Labute approximate surface area is 85.6 Å². The number of hydrogen-bond acceptors (Lipinski definition) is 3. The fourth-order valence-electron chi connectivity index (χ4n) is 1.63. The summed E-state index contributed by atoms with van der Waals surface area (Å²) >= 11 is 0. The summed E-state index contributed by atoms with van der Waals surface area (Å²) in [4.78, 5) is 27.5. The number of fused-ring (bicyclic) bond motifs is 1. The first kappa shape index (κ1) is 9.64. The van der Waals surface area contributed by atoms with Crippen LogP contribution in [-0.4, -0.2) is 14.1 Å². The van der Waals surface area contributed by atoms with Crippen LogP contribution in [0.15, 0.2) is 28.0 Å². The van der Waals surface area contributed by atoms with Gasteiger partial charge in [-0.1, -0.05) is 0 Å². The molecule has 2 aromatic rings. The zero-order valence-electron chi connectivity index (χ0n) is 8.60. The van der Waals surface area contributed by atoms with Crippen LogP contribution in [0.3, 0.4) is 0 Å². The van der Waals surface area contributed by atoms with Gasteiger partial charge in [0.1, 0.15) is 0 Å². The molecule has 0 unspecified atom stereocenters. The van der Waals surface area contributed by atoms with Gasteiger partial charge in [-0.3, -0.25) is 18.9 Å². The van der Waals surface area contributed by atoms with E-state index in [9.17, 15) is 9.59 Å². The molecule has 0 aliphatic rings. The minimum absolute atomic E-state index is 0.252. The molecule has 0 radical (unpaired) electrons. The van der Waals surface area contributed by atoms with Crippen LogP contribution in [0.5, 0.6) is 0 Å². The largest absolute Gasteiger partial charge is 0.331 e. The molecule has 2 heterocycles. The molecule has 15 heavy (non-hydrogen) atoms. The zero-order valence-corrected chi connectivity index (χ0v) is 8.60. The van der Waals surface area contributed by atoms with Crippen molar-refractivity contribution in [1.29, 1.82) is 0 Å². The highest BCUT2D eigenvalue weighted by Crippen LogP contribution is 2.03. The molecular weight excluding hydrogens is 194 g/mol. The third kappa shape index (κ3) is 1.27. The Morgan fingerprint density at radius 1 is 1.40 bits per heavy atom. The molecule has 0 amide bonds. The Balaban J connectivity index is 3.10. The van der Waals surface area contributed by atoms with Crippen LogP contribution in [0.4, 0.5) is 0 Å². The van der Waals surface area contributed by atoms with Crippen LogP contribution in [0.25, 0.3) is 10.9 Å². The summed E-state index contributed by atoms with van der Waals surface area (Å²) in [6, 6.07) is 1.63. The second-order valence-corrected chi connectivity index (χ2v) is 3.28. The Morgan fingerprint density at radius 3 is 2.80 bits per heavy atom. The van der Waals surface area contributed by atoms with Crippen molar-refractivity contribution in [3.8, 4) is 0 Å². The maximum Gasteiger partial charge on any atom is 0.331 e. The quantitative estimate of drug-likeness (QED) is 0.664. The molecule has 0 atom stereocenters. The molecule has 5 nitrogen and oxygen atoms in total. The number of hydrogen-bond donors (Lipinski definition) is 0. The fraction of sp³-hybridized carbons (Fsp3) is 0.300. The Morgan fingerprint density at radius 2 is 2.13 bits per heavy atom. The van der Waals surface area contributed by atoms with E-state index in [1.54, 1.807) is 26.2 Å². The van der Waals surface area contributed by atoms with Gasteiger partial charge in [-0.15, -0.1) is 0 Å². The molecule has 78 valence electrons. The highest BCUT2D eigenvalue weighted by Gasteiger charge is 2.08. The van der Waals surface area contributed by atoms with Crippen LogP contribution in [0.2, 0.25) is 0 Å². The van der Waals surface area contributed by atoms with E-state index < -0.39 is 0 Å². The fourth-order valence-corrected chi connectivity index (χ4v) is 1.63. The van der Waals surface area contributed by atoms with E-state index in [2.05, 4.69) is 4.98 Å². The zero-order chi connectivity index (χ0) is 11.0. The third-order valence-electron chi connectivity index (χ3n) is 2.47. The van der Waals surface area contributed by atoms with E-state index in [1.807, 2.05) is 0 Å². The van der Waals surface area contributed by atoms with Crippen LogP contribution in [0.1, 0.15) is 6.92 Å². The lowest BCUT2D eigenvalue weighted by Gasteiger charge is -2.07. The monoisotopic (exact) mass is 205 g/mol. The second kappa shape index (κ2) is 3.34. The molecule has 0 aliphatic heterocycles. The Kier molecular flexibility index (Phi) is 2.15. The minimum Gasteiger partial charge on any atom is -0.295 e. The van der Waals surface area contributed by atoms with Crippen molar-refractivity contribution in [2.75, 3.05) is 0 Å². The van der Waals surface area contributed by atoms with E-state index in [1.165, 1.54) is 15.3 Å². The second-order valence-electron chi connectivity index (χ2n) is 3.28. The van der Waals surface area contributed by atoms with Gasteiger partial charge in [0.05, 0.1) is 17.1 Å². The van der Waals surface area contributed by atoms with Crippen molar-refractivity contribution >= 4 is 10.9 Å². The van der Waals surface area contributed by atoms with Gasteiger partial charge in [-0.05, 0) is 13.0 Å². The van der Waals surface area contributed by atoms with Gasteiger partial charge in [0.25, 0.3) is 5.56 Å². The van der Waals surface area contributed by atoms with Crippen LogP contribution >= 0.6 is 0 Å². The third-order valence-corrected chi connectivity index (χ3v) is 2.47. The van der Waals surface area contributed by atoms with Crippen molar-refractivity contribution in [3.05, 3.63) is 39.3 Å². The standard InChI is InChI=1S/C10H11N3O2/c1-3-13-9(14)7-4-5-11-6-8(7)12(2)10(13)15/h4-6H,3H2,1-2H3. The van der Waals surface area contributed by atoms with Crippen LogP contribution < -0.4 is 11.2 Å². The van der Waals surface area contributed by atoms with Crippen LogP contribution in [0, 0.1) is 0 Å². The van der Waals surface area contributed by atoms with Crippen molar-refractivity contribution in [3.63, 3.8) is 0 Å². The van der Waals surface area contributed by atoms with Gasteiger partial charge in [0, 0.05) is 19.8 Å². The molecule has 0 spiro atoms. The molecule has 0 bridgehead atoms. The highest BCUT2D eigenvalue weighted by atomic mass is 16.2. The topological polar surface area (TPSA) is 56.9 Å². The molecule has 0 saturated carbocycles. The summed E-state index contributed by atoms with van der Waals surface area (Å²) in [6.45, 7) is 2.15. The number of pyridine rings is 1. The van der Waals surface area contributed by atoms with Crippen LogP contribution in [-0.2, 0) is 13.6 Å². The minimum atomic E-state index is -0.303. The first-order chi connectivity index (χ1) is 7.16. The molecule has 0 fully saturated rings. The highest BCUT2D eigenvalue weighted by molar-refractivity contribution is 5.76. The average molecular weight is 205 g/mol. The van der Waals surface area contributed by atoms with Crippen molar-refractivity contribution < 1.29 is 0 Å². The van der Waals surface area contributed by atoms with Gasteiger partial charge in [-0.2, -0.15) is 0 Å². The maximum atomic E-state index is 11.9. The van der Waals surface area contributed by atoms with Gasteiger partial charge in [-0.25, -0.2) is 4.79 Å². The maximum absolute atomic E-state index is 11.9. The first-order valence-electron chi connectivity index (χ1n) is 4.70. The van der Waals surface area contributed by atoms with Gasteiger partial charge in [0.2, 0.25) is 0 Å². The molecule has 2 aromatic heterocycles. The molecule has 5 heteroatoms. The lowest BCUT2D eigenvalue weighted by molar-refractivity contribution is 0.640. The van der Waals surface area contributed by atoms with Gasteiger partial charge < -0.3 is 0 Å². The summed E-state index contributed by atoms with van der Waals surface area (Å²) in [7, 11) is 1.64. The van der Waals surface area contributed by atoms with Gasteiger partial charge >= 0.3 is 5.69 Å². The van der Waals surface area contributed by atoms with E-state index >= 15 is 0 Å². The predicted molar refractivity (Wildman–Crippen MR) is 56.9 cm³/mol. The van der Waals surface area contributed by atoms with E-state index in [-0.39, 0.29) is 11.2 Å². The first-order valence-corrected chi connectivity index (χ1v) is 4.70. The van der Waals surface area contributed by atoms with E-state index in [0.717, 1.165) is 0 Å². The summed E-state index contributed by atoms with van der Waals surface area (Å²) in [6.07, 6.45) is 3.08. The lowest BCUT2D eigenvalue weighted by atomic mass is 10.3. The SMILES string of the molecule is CCn1c(=O)c2ccncc2n(C)c1=O. The summed E-state index contributed by atoms with van der Waals surface area (Å²) in [5.74, 6) is 0. The van der Waals surface area contributed by atoms with Gasteiger partial charge in [0.15, 0.2) is 0 Å². The molecule has 0 aliphatic carbocycles. The Hall–Kier alpha value is -1.91. The van der Waals surface area contributed by atoms with Crippen molar-refractivity contribution in [2.45, 2.75) is 13.5 Å². The lowest BCUT2D eigenvalue weighted by Crippen LogP contribution is -2.38.